The fourth-order valence-corrected chi connectivity index (χ4v) is 2.06. The highest BCUT2D eigenvalue weighted by Crippen LogP contribution is 2.30. The Morgan fingerprint density at radius 3 is 3.00 bits per heavy atom. The molecule has 92 valence electrons. The Balaban J connectivity index is 2.16. The standard InChI is InChI=1S/C13H13N3O2/c1-3-17-9-4-5-11-10(6-9)8(2)12(15-11)13-16-14-7-18-13/h4-7,15H,3H2,1-2H3. The van der Waals surface area contributed by atoms with E-state index < -0.39 is 0 Å². The summed E-state index contributed by atoms with van der Waals surface area (Å²) in [7, 11) is 0. The number of rotatable bonds is 3. The lowest BCUT2D eigenvalue weighted by Crippen LogP contribution is -1.90. The number of fused-ring (bicyclic) bond motifs is 1. The van der Waals surface area contributed by atoms with Crippen molar-refractivity contribution in [1.82, 2.24) is 15.2 Å². The van der Waals surface area contributed by atoms with Crippen LogP contribution in [0, 0.1) is 6.92 Å². The lowest BCUT2D eigenvalue weighted by Gasteiger charge is -2.02. The average molecular weight is 243 g/mol. The van der Waals surface area contributed by atoms with Crippen LogP contribution in [0.15, 0.2) is 29.0 Å². The summed E-state index contributed by atoms with van der Waals surface area (Å²) in [4.78, 5) is 3.28. The summed E-state index contributed by atoms with van der Waals surface area (Å²) in [6.45, 7) is 4.65. The first kappa shape index (κ1) is 10.8. The van der Waals surface area contributed by atoms with E-state index in [-0.39, 0.29) is 0 Å². The lowest BCUT2D eigenvalue weighted by molar-refractivity contribution is 0.340. The van der Waals surface area contributed by atoms with Gasteiger partial charge in [0.1, 0.15) is 11.4 Å². The summed E-state index contributed by atoms with van der Waals surface area (Å²) in [6, 6.07) is 5.96. The van der Waals surface area contributed by atoms with E-state index in [2.05, 4.69) is 15.2 Å². The van der Waals surface area contributed by atoms with Crippen LogP contribution in [0.4, 0.5) is 0 Å². The molecule has 0 bridgehead atoms. The summed E-state index contributed by atoms with van der Waals surface area (Å²) < 4.78 is 10.7. The molecule has 0 fully saturated rings. The fraction of sp³-hybridized carbons (Fsp3) is 0.231. The van der Waals surface area contributed by atoms with Gasteiger partial charge < -0.3 is 14.1 Å². The molecule has 0 spiro atoms. The molecule has 0 saturated carbocycles. The minimum absolute atomic E-state index is 0.502. The number of aromatic nitrogens is 3. The van der Waals surface area contributed by atoms with Crippen molar-refractivity contribution in [3.63, 3.8) is 0 Å². The number of benzene rings is 1. The Labute approximate surface area is 104 Å². The number of ether oxygens (including phenoxy) is 1. The molecule has 3 aromatic rings. The second-order valence-corrected chi connectivity index (χ2v) is 4.01. The van der Waals surface area contributed by atoms with Crippen LogP contribution < -0.4 is 4.74 Å². The highest BCUT2D eigenvalue weighted by Gasteiger charge is 2.13. The smallest absolute Gasteiger partial charge is 0.264 e. The summed E-state index contributed by atoms with van der Waals surface area (Å²) in [5, 5.41) is 8.72. The zero-order valence-corrected chi connectivity index (χ0v) is 10.2. The van der Waals surface area contributed by atoms with Crippen molar-refractivity contribution in [2.24, 2.45) is 0 Å². The maximum atomic E-state index is 5.50. The van der Waals surface area contributed by atoms with E-state index in [9.17, 15) is 0 Å². The Morgan fingerprint density at radius 2 is 2.28 bits per heavy atom. The van der Waals surface area contributed by atoms with Crippen molar-refractivity contribution in [2.75, 3.05) is 6.61 Å². The first-order valence-corrected chi connectivity index (χ1v) is 5.81. The van der Waals surface area contributed by atoms with E-state index in [1.807, 2.05) is 32.0 Å². The quantitative estimate of drug-likeness (QED) is 0.768. The van der Waals surface area contributed by atoms with Crippen molar-refractivity contribution in [1.29, 1.82) is 0 Å². The minimum atomic E-state index is 0.502. The summed E-state index contributed by atoms with van der Waals surface area (Å²) >= 11 is 0. The van der Waals surface area contributed by atoms with Crippen LogP contribution in [0.2, 0.25) is 0 Å². The van der Waals surface area contributed by atoms with E-state index in [0.29, 0.717) is 12.5 Å². The van der Waals surface area contributed by atoms with Gasteiger partial charge in [0.25, 0.3) is 5.89 Å². The van der Waals surface area contributed by atoms with Gasteiger partial charge in [-0.3, -0.25) is 0 Å². The van der Waals surface area contributed by atoms with Crippen molar-refractivity contribution < 1.29 is 9.15 Å². The zero-order chi connectivity index (χ0) is 12.5. The first-order chi connectivity index (χ1) is 8.79. The van der Waals surface area contributed by atoms with Gasteiger partial charge >= 0.3 is 0 Å². The molecule has 0 radical (unpaired) electrons. The van der Waals surface area contributed by atoms with Crippen molar-refractivity contribution in [3.8, 4) is 17.3 Å². The molecule has 3 rings (SSSR count). The molecule has 1 N–H and O–H groups in total. The molecule has 0 aliphatic carbocycles. The molecule has 2 heterocycles. The lowest BCUT2D eigenvalue weighted by atomic mass is 10.1. The molecule has 5 heteroatoms. The van der Waals surface area contributed by atoms with E-state index >= 15 is 0 Å². The maximum absolute atomic E-state index is 5.50. The molecular weight excluding hydrogens is 230 g/mol. The van der Waals surface area contributed by atoms with Crippen LogP contribution in [-0.2, 0) is 0 Å². The Morgan fingerprint density at radius 1 is 1.39 bits per heavy atom. The molecule has 0 atom stereocenters. The van der Waals surface area contributed by atoms with Gasteiger partial charge in [0, 0.05) is 10.9 Å². The average Bonchev–Trinajstić information content (AvgIpc) is 2.99. The second-order valence-electron chi connectivity index (χ2n) is 4.01. The van der Waals surface area contributed by atoms with Gasteiger partial charge in [-0.25, -0.2) is 0 Å². The largest absolute Gasteiger partial charge is 0.494 e. The number of hydrogen-bond donors (Lipinski definition) is 1. The van der Waals surface area contributed by atoms with Crippen LogP contribution >= 0.6 is 0 Å². The molecule has 1 aromatic carbocycles. The molecule has 5 nitrogen and oxygen atoms in total. The number of nitrogens with zero attached hydrogens (tertiary/aromatic N) is 2. The minimum Gasteiger partial charge on any atom is -0.494 e. The second kappa shape index (κ2) is 4.18. The molecule has 0 aliphatic rings. The van der Waals surface area contributed by atoms with Crippen molar-refractivity contribution in [2.45, 2.75) is 13.8 Å². The van der Waals surface area contributed by atoms with Crippen molar-refractivity contribution >= 4 is 10.9 Å². The Bertz CT molecular complexity index is 671. The number of aryl methyl sites for hydroxylation is 1. The predicted molar refractivity (Wildman–Crippen MR) is 67.5 cm³/mol. The predicted octanol–water partition coefficient (Wildman–Crippen LogP) is 2.93. The van der Waals surface area contributed by atoms with Crippen LogP contribution in [0.1, 0.15) is 12.5 Å². The number of hydrogen-bond acceptors (Lipinski definition) is 4. The van der Waals surface area contributed by atoms with Gasteiger partial charge in [-0.1, -0.05) is 0 Å². The van der Waals surface area contributed by atoms with Gasteiger partial charge in [-0.2, -0.15) is 0 Å². The van der Waals surface area contributed by atoms with E-state index in [0.717, 1.165) is 27.9 Å². The molecule has 0 aliphatic heterocycles. The Kier molecular flexibility index (Phi) is 2.51. The topological polar surface area (TPSA) is 63.9 Å². The van der Waals surface area contributed by atoms with Crippen LogP contribution in [0.5, 0.6) is 5.75 Å². The summed E-state index contributed by atoms with van der Waals surface area (Å²) in [5.74, 6) is 1.37. The third kappa shape index (κ3) is 1.64. The molecule has 0 saturated heterocycles. The number of aromatic amines is 1. The normalized spacial score (nSPS) is 11.0. The fourth-order valence-electron chi connectivity index (χ4n) is 2.06. The van der Waals surface area contributed by atoms with Gasteiger partial charge in [0.05, 0.1) is 6.61 Å². The maximum Gasteiger partial charge on any atom is 0.264 e. The molecular formula is C13H13N3O2. The summed E-state index contributed by atoms with van der Waals surface area (Å²) in [5.41, 5.74) is 2.97. The number of nitrogens with one attached hydrogen (secondary N) is 1. The van der Waals surface area contributed by atoms with E-state index in [1.165, 1.54) is 6.39 Å². The monoisotopic (exact) mass is 243 g/mol. The molecule has 18 heavy (non-hydrogen) atoms. The van der Waals surface area contributed by atoms with E-state index in [4.69, 9.17) is 9.15 Å². The molecule has 0 unspecified atom stereocenters. The van der Waals surface area contributed by atoms with Gasteiger partial charge in [-0.15, -0.1) is 10.2 Å². The van der Waals surface area contributed by atoms with Crippen LogP contribution in [-0.4, -0.2) is 21.8 Å². The molecule has 0 amide bonds. The number of H-pyrrole nitrogens is 1. The zero-order valence-electron chi connectivity index (χ0n) is 10.2. The Hall–Kier alpha value is -2.30. The third-order valence-electron chi connectivity index (χ3n) is 2.91. The highest BCUT2D eigenvalue weighted by atomic mass is 16.5. The molecule has 2 aromatic heterocycles. The van der Waals surface area contributed by atoms with Crippen molar-refractivity contribution in [3.05, 3.63) is 30.2 Å². The highest BCUT2D eigenvalue weighted by molar-refractivity contribution is 5.90. The summed E-state index contributed by atoms with van der Waals surface area (Å²) in [6.07, 6.45) is 1.33. The SMILES string of the molecule is CCOc1ccc2[nH]c(-c3nnco3)c(C)c2c1. The van der Waals surface area contributed by atoms with Crippen LogP contribution in [0.3, 0.4) is 0 Å². The van der Waals surface area contributed by atoms with Gasteiger partial charge in [-0.05, 0) is 37.6 Å². The third-order valence-corrected chi connectivity index (χ3v) is 2.91. The van der Waals surface area contributed by atoms with Crippen LogP contribution in [0.25, 0.3) is 22.5 Å². The van der Waals surface area contributed by atoms with E-state index in [1.54, 1.807) is 0 Å². The van der Waals surface area contributed by atoms with Gasteiger partial charge in [0.15, 0.2) is 0 Å². The first-order valence-electron chi connectivity index (χ1n) is 5.81. The van der Waals surface area contributed by atoms with Gasteiger partial charge in [0.2, 0.25) is 6.39 Å².